The summed E-state index contributed by atoms with van der Waals surface area (Å²) in [6, 6.07) is 9.37. The van der Waals surface area contributed by atoms with E-state index in [2.05, 4.69) is 10.8 Å². The molecule has 5 heteroatoms. The summed E-state index contributed by atoms with van der Waals surface area (Å²) >= 11 is 0. The lowest BCUT2D eigenvalue weighted by molar-refractivity contribution is 0.443. The van der Waals surface area contributed by atoms with Gasteiger partial charge in [-0.2, -0.15) is 9.98 Å². The lowest BCUT2D eigenvalue weighted by atomic mass is 9.84. The summed E-state index contributed by atoms with van der Waals surface area (Å²) in [6.45, 7) is 1.68. The van der Waals surface area contributed by atoms with Gasteiger partial charge in [0, 0.05) is 0 Å². The number of benzene rings is 1. The smallest absolute Gasteiger partial charge is 0.207 e. The van der Waals surface area contributed by atoms with E-state index in [9.17, 15) is 13.7 Å². The lowest BCUT2D eigenvalue weighted by Gasteiger charge is -2.24. The number of rotatable bonds is 5. The van der Waals surface area contributed by atoms with Gasteiger partial charge in [0.15, 0.2) is 0 Å². The van der Waals surface area contributed by atoms with E-state index in [1.807, 2.05) is 12.1 Å². The zero-order chi connectivity index (χ0) is 16.5. The molecular formula is C18H24N2O2S. The molecule has 0 bridgehead atoms. The van der Waals surface area contributed by atoms with Gasteiger partial charge < -0.3 is 0 Å². The highest BCUT2D eigenvalue weighted by molar-refractivity contribution is 7.89. The first-order valence-corrected chi connectivity index (χ1v) is 9.98. The molecule has 2 fully saturated rings. The molecule has 1 atom stereocenters. The topological polar surface area (TPSA) is 70.0 Å². The molecule has 0 aliphatic heterocycles. The first-order valence-electron chi connectivity index (χ1n) is 8.50. The van der Waals surface area contributed by atoms with Crippen molar-refractivity contribution in [1.82, 2.24) is 4.72 Å². The minimum atomic E-state index is -3.66. The Morgan fingerprint density at radius 3 is 2.22 bits per heavy atom. The second-order valence-corrected chi connectivity index (χ2v) is 8.78. The van der Waals surface area contributed by atoms with Crippen molar-refractivity contribution < 1.29 is 8.42 Å². The van der Waals surface area contributed by atoms with Gasteiger partial charge in [-0.3, -0.25) is 0 Å². The molecule has 0 heterocycles. The Morgan fingerprint density at radius 1 is 1.09 bits per heavy atom. The average molecular weight is 332 g/mol. The predicted octanol–water partition coefficient (Wildman–Crippen LogP) is 3.70. The van der Waals surface area contributed by atoms with E-state index in [4.69, 9.17) is 0 Å². The van der Waals surface area contributed by atoms with Crippen LogP contribution in [0.1, 0.15) is 63.4 Å². The van der Waals surface area contributed by atoms with E-state index in [-0.39, 0.29) is 10.8 Å². The van der Waals surface area contributed by atoms with Crippen LogP contribution in [0.15, 0.2) is 29.2 Å². The molecule has 4 nitrogen and oxygen atoms in total. The van der Waals surface area contributed by atoms with Crippen LogP contribution in [-0.2, 0) is 10.0 Å². The number of hydrogen-bond acceptors (Lipinski definition) is 3. The van der Waals surface area contributed by atoms with E-state index in [1.165, 1.54) is 37.7 Å². The average Bonchev–Trinajstić information content (AvgIpc) is 3.41. The molecule has 1 aromatic rings. The number of sulfonamides is 1. The van der Waals surface area contributed by atoms with Gasteiger partial charge in [0.2, 0.25) is 10.0 Å². The zero-order valence-electron chi connectivity index (χ0n) is 13.6. The maximum Gasteiger partial charge on any atom is 0.241 e. The normalized spacial score (nSPS) is 22.3. The van der Waals surface area contributed by atoms with Crippen molar-refractivity contribution in [1.29, 1.82) is 5.26 Å². The minimum absolute atomic E-state index is 0.129. The molecule has 2 saturated carbocycles. The number of hydrogen-bond donors (Lipinski definition) is 1. The Balaban J connectivity index is 1.76. The Kier molecular flexibility index (Phi) is 4.48. The number of nitrogens with one attached hydrogen (secondary N) is 1. The van der Waals surface area contributed by atoms with Gasteiger partial charge >= 0.3 is 0 Å². The second-order valence-electron chi connectivity index (χ2n) is 7.10. The minimum Gasteiger partial charge on any atom is -0.207 e. The standard InChI is InChI=1S/C18H24N2O2S/c1-18(13-19,16-9-10-16)20-23(21,22)17-11-7-15(8-12-17)14-5-3-2-4-6-14/h7-8,11-12,14,16,20H,2-6,9-10H2,1H3/t18-/m1/s1. The van der Waals surface area contributed by atoms with Gasteiger partial charge in [-0.05, 0) is 62.1 Å². The SMILES string of the molecule is C[C@](C#N)(NS(=O)(=O)c1ccc(C2CCCCC2)cc1)C1CC1. The van der Waals surface area contributed by atoms with Gasteiger partial charge in [-0.25, -0.2) is 8.42 Å². The van der Waals surface area contributed by atoms with Gasteiger partial charge in [0.1, 0.15) is 5.54 Å². The first-order chi connectivity index (χ1) is 10.9. The molecule has 0 radical (unpaired) electrons. The molecular weight excluding hydrogens is 308 g/mol. The third-order valence-electron chi connectivity index (χ3n) is 5.24. The van der Waals surface area contributed by atoms with Crippen LogP contribution in [0.2, 0.25) is 0 Å². The largest absolute Gasteiger partial charge is 0.241 e. The number of nitriles is 1. The first kappa shape index (κ1) is 16.5. The molecule has 124 valence electrons. The predicted molar refractivity (Wildman–Crippen MR) is 89.3 cm³/mol. The van der Waals surface area contributed by atoms with Crippen LogP contribution in [0.5, 0.6) is 0 Å². The van der Waals surface area contributed by atoms with Crippen molar-refractivity contribution in [3.8, 4) is 6.07 Å². The highest BCUT2D eigenvalue weighted by Crippen LogP contribution is 2.40. The van der Waals surface area contributed by atoms with E-state index in [0.29, 0.717) is 5.92 Å². The molecule has 3 rings (SSSR count). The molecule has 1 aromatic carbocycles. The molecule has 0 saturated heterocycles. The van der Waals surface area contributed by atoms with Gasteiger partial charge in [-0.1, -0.05) is 31.4 Å². The third-order valence-corrected chi connectivity index (χ3v) is 6.82. The summed E-state index contributed by atoms with van der Waals surface area (Å²) in [5, 5.41) is 9.34. The highest BCUT2D eigenvalue weighted by atomic mass is 32.2. The Bertz CT molecular complexity index is 696. The summed E-state index contributed by atoms with van der Waals surface area (Å²) in [4.78, 5) is 0.249. The Hall–Kier alpha value is -1.38. The van der Waals surface area contributed by atoms with Crippen LogP contribution in [0.25, 0.3) is 0 Å². The fourth-order valence-electron chi connectivity index (χ4n) is 3.55. The molecule has 2 aliphatic rings. The molecule has 0 amide bonds. The Labute approximate surface area is 139 Å². The van der Waals surface area contributed by atoms with E-state index < -0.39 is 15.6 Å². The van der Waals surface area contributed by atoms with Crippen molar-refractivity contribution in [2.75, 3.05) is 0 Å². The maximum absolute atomic E-state index is 12.6. The van der Waals surface area contributed by atoms with Crippen molar-refractivity contribution in [2.45, 2.75) is 68.2 Å². The van der Waals surface area contributed by atoms with Crippen LogP contribution in [-0.4, -0.2) is 14.0 Å². The zero-order valence-corrected chi connectivity index (χ0v) is 14.4. The van der Waals surface area contributed by atoms with Crippen molar-refractivity contribution in [3.05, 3.63) is 29.8 Å². The second kappa shape index (κ2) is 6.26. The van der Waals surface area contributed by atoms with Gasteiger partial charge in [0.25, 0.3) is 0 Å². The summed E-state index contributed by atoms with van der Waals surface area (Å²) in [6.07, 6.45) is 8.03. The molecule has 0 aromatic heterocycles. The van der Waals surface area contributed by atoms with Gasteiger partial charge in [0.05, 0.1) is 11.0 Å². The monoisotopic (exact) mass is 332 g/mol. The van der Waals surface area contributed by atoms with Gasteiger partial charge in [-0.15, -0.1) is 0 Å². The lowest BCUT2D eigenvalue weighted by Crippen LogP contribution is -2.46. The van der Waals surface area contributed by atoms with Crippen LogP contribution in [0, 0.1) is 17.2 Å². The van der Waals surface area contributed by atoms with Crippen LogP contribution in [0.3, 0.4) is 0 Å². The van der Waals surface area contributed by atoms with Crippen molar-refractivity contribution in [3.63, 3.8) is 0 Å². The van der Waals surface area contributed by atoms with E-state index in [1.54, 1.807) is 19.1 Å². The summed E-state index contributed by atoms with van der Waals surface area (Å²) in [5.74, 6) is 0.688. The highest BCUT2D eigenvalue weighted by Gasteiger charge is 2.44. The summed E-state index contributed by atoms with van der Waals surface area (Å²) in [5.41, 5.74) is 0.231. The fourth-order valence-corrected chi connectivity index (χ4v) is 4.93. The quantitative estimate of drug-likeness (QED) is 0.893. The third kappa shape index (κ3) is 3.59. The van der Waals surface area contributed by atoms with Crippen molar-refractivity contribution >= 4 is 10.0 Å². The summed E-state index contributed by atoms with van der Waals surface area (Å²) in [7, 11) is -3.66. The Morgan fingerprint density at radius 2 is 1.70 bits per heavy atom. The molecule has 0 spiro atoms. The molecule has 1 N–H and O–H groups in total. The molecule has 2 aliphatic carbocycles. The molecule has 23 heavy (non-hydrogen) atoms. The van der Waals surface area contributed by atoms with Crippen molar-refractivity contribution in [2.24, 2.45) is 5.92 Å². The summed E-state index contributed by atoms with van der Waals surface area (Å²) < 4.78 is 27.7. The van der Waals surface area contributed by atoms with Crippen LogP contribution in [0.4, 0.5) is 0 Å². The van der Waals surface area contributed by atoms with Crippen LogP contribution < -0.4 is 4.72 Å². The van der Waals surface area contributed by atoms with E-state index >= 15 is 0 Å². The fraction of sp³-hybridized carbons (Fsp3) is 0.611. The maximum atomic E-state index is 12.6. The van der Waals surface area contributed by atoms with E-state index in [0.717, 1.165) is 12.8 Å². The molecule has 0 unspecified atom stereocenters. The van der Waals surface area contributed by atoms with Crippen LogP contribution >= 0.6 is 0 Å². The number of nitrogens with zero attached hydrogens (tertiary/aromatic N) is 1.